The van der Waals surface area contributed by atoms with Gasteiger partial charge in [-0.1, -0.05) is 159 Å². The molecule has 6 atom stereocenters. The first-order chi connectivity index (χ1) is 28.0. The number of carbonyl (C=O) groups is 1. The molecule has 0 spiro atoms. The van der Waals surface area contributed by atoms with Crippen molar-refractivity contribution in [2.75, 3.05) is 19.8 Å². The number of aliphatic hydroxyl groups excluding tert-OH is 5. The van der Waals surface area contributed by atoms with Gasteiger partial charge in [0, 0.05) is 13.0 Å². The van der Waals surface area contributed by atoms with Gasteiger partial charge in [-0.15, -0.1) is 0 Å². The lowest BCUT2D eigenvalue weighted by Gasteiger charge is -2.41. The van der Waals surface area contributed by atoms with Crippen molar-refractivity contribution >= 4 is 13.8 Å². The number of unbranched alkanes of at least 4 members (excludes halogenated alkanes) is 20. The van der Waals surface area contributed by atoms with Crippen molar-refractivity contribution in [2.45, 2.75) is 224 Å². The van der Waals surface area contributed by atoms with Crippen molar-refractivity contribution in [3.8, 4) is 0 Å². The molecule has 0 aromatic heterocycles. The summed E-state index contributed by atoms with van der Waals surface area (Å²) in [7, 11) is -5.02. The molecule has 1 aliphatic rings. The Hall–Kier alpha value is -1.44. The number of hydrogen-bond acceptors (Lipinski definition) is 11. The molecule has 0 aromatic carbocycles. The lowest BCUT2D eigenvalue weighted by molar-refractivity contribution is -0.220. The Morgan fingerprint density at radius 2 is 0.966 bits per heavy atom. The van der Waals surface area contributed by atoms with Gasteiger partial charge in [-0.25, -0.2) is 4.57 Å². The van der Waals surface area contributed by atoms with Crippen LogP contribution in [0.1, 0.15) is 181 Å². The third-order valence-electron chi connectivity index (χ3n) is 10.5. The number of rotatable bonds is 38. The molecular weight excluding hydrogens is 763 g/mol. The Bertz CT molecular complexity index is 1100. The Morgan fingerprint density at radius 1 is 0.552 bits per heavy atom. The lowest BCUT2D eigenvalue weighted by Crippen LogP contribution is -2.64. The molecule has 0 heterocycles. The number of hydrogen-bond donors (Lipinski definition) is 6. The fourth-order valence-electron chi connectivity index (χ4n) is 6.83. The molecule has 0 amide bonds. The summed E-state index contributed by atoms with van der Waals surface area (Å²) in [4.78, 5) is 23.1. The fourth-order valence-corrected chi connectivity index (χ4v) is 7.81. The Balaban J connectivity index is 2.40. The molecule has 1 saturated carbocycles. The molecule has 0 radical (unpaired) electrons. The molecule has 340 valence electrons. The molecule has 1 aliphatic carbocycles. The van der Waals surface area contributed by atoms with E-state index < -0.39 is 63.1 Å². The molecule has 1 fully saturated rings. The van der Waals surface area contributed by atoms with E-state index in [4.69, 9.17) is 18.5 Å². The zero-order valence-corrected chi connectivity index (χ0v) is 37.0. The highest BCUT2D eigenvalue weighted by atomic mass is 31.2. The van der Waals surface area contributed by atoms with Crippen LogP contribution < -0.4 is 0 Å². The van der Waals surface area contributed by atoms with Crippen molar-refractivity contribution in [2.24, 2.45) is 0 Å². The zero-order chi connectivity index (χ0) is 42.7. The summed E-state index contributed by atoms with van der Waals surface area (Å²) in [5.41, 5.74) is 0. The first-order valence-corrected chi connectivity index (χ1v) is 24.3. The van der Waals surface area contributed by atoms with Gasteiger partial charge < -0.3 is 39.9 Å². The largest absolute Gasteiger partial charge is 0.472 e. The minimum Gasteiger partial charge on any atom is -0.457 e. The van der Waals surface area contributed by atoms with Crippen LogP contribution in [0.5, 0.6) is 0 Å². The van der Waals surface area contributed by atoms with Gasteiger partial charge >= 0.3 is 13.8 Å². The minimum absolute atomic E-state index is 0.0800. The predicted octanol–water partition coefficient (Wildman–Crippen LogP) is 9.09. The summed E-state index contributed by atoms with van der Waals surface area (Å²) in [6.45, 7) is 4.21. The van der Waals surface area contributed by atoms with Gasteiger partial charge in [0.2, 0.25) is 0 Å². The van der Waals surface area contributed by atoms with Crippen LogP contribution in [0.25, 0.3) is 0 Å². The summed E-state index contributed by atoms with van der Waals surface area (Å²) >= 11 is 0. The van der Waals surface area contributed by atoms with Crippen LogP contribution >= 0.6 is 7.82 Å². The number of esters is 1. The highest BCUT2D eigenvalue weighted by Gasteiger charge is 2.51. The third-order valence-corrected chi connectivity index (χ3v) is 11.5. The quantitative estimate of drug-likeness (QED) is 0.0150. The predicted molar refractivity (Wildman–Crippen MR) is 230 cm³/mol. The van der Waals surface area contributed by atoms with Gasteiger partial charge in [0.15, 0.2) is 0 Å². The summed E-state index contributed by atoms with van der Waals surface area (Å²) in [6.07, 6.45) is 29.2. The van der Waals surface area contributed by atoms with Crippen LogP contribution in [0.3, 0.4) is 0 Å². The van der Waals surface area contributed by atoms with E-state index >= 15 is 0 Å². The van der Waals surface area contributed by atoms with Gasteiger partial charge in [0.1, 0.15) is 42.7 Å². The average molecular weight is 847 g/mol. The van der Waals surface area contributed by atoms with E-state index in [2.05, 4.69) is 50.3 Å². The second-order valence-corrected chi connectivity index (χ2v) is 17.3. The maximum absolute atomic E-state index is 12.8. The number of carbonyl (C=O) groups excluding carboxylic acids is 1. The number of aliphatic hydroxyl groups is 5. The van der Waals surface area contributed by atoms with Crippen LogP contribution in [0.4, 0.5) is 0 Å². The summed E-state index contributed by atoms with van der Waals surface area (Å²) in [5.74, 6) is -0.489. The van der Waals surface area contributed by atoms with E-state index in [0.29, 0.717) is 13.0 Å². The fraction of sp³-hybridized carbons (Fsp3) is 0.844. The van der Waals surface area contributed by atoms with Gasteiger partial charge in [-0.2, -0.15) is 0 Å². The zero-order valence-electron chi connectivity index (χ0n) is 36.1. The van der Waals surface area contributed by atoms with E-state index in [-0.39, 0.29) is 13.0 Å². The summed E-state index contributed by atoms with van der Waals surface area (Å²) < 4.78 is 34.1. The van der Waals surface area contributed by atoms with Crippen LogP contribution in [0.15, 0.2) is 36.5 Å². The maximum Gasteiger partial charge on any atom is 0.472 e. The van der Waals surface area contributed by atoms with Crippen LogP contribution in [0.2, 0.25) is 0 Å². The first kappa shape index (κ1) is 54.6. The molecule has 0 aromatic rings. The topological polar surface area (TPSA) is 192 Å². The molecule has 6 unspecified atom stereocenters. The molecule has 13 heteroatoms. The SMILES string of the molecule is CCCCC/C=C\C/C=C\C/C=C\CCCCCCCCC(=O)OC(COCCCCCCCCCCCCCC)COP(=O)(O)OC1C(O)C(O)C(O)C(O)C1O. The Labute approximate surface area is 351 Å². The Morgan fingerprint density at radius 3 is 1.50 bits per heavy atom. The van der Waals surface area contributed by atoms with Gasteiger partial charge in [-0.05, 0) is 51.4 Å². The molecule has 58 heavy (non-hydrogen) atoms. The highest BCUT2D eigenvalue weighted by Crippen LogP contribution is 2.47. The van der Waals surface area contributed by atoms with E-state index in [1.165, 1.54) is 83.5 Å². The second kappa shape index (κ2) is 36.2. The van der Waals surface area contributed by atoms with Crippen molar-refractivity contribution in [1.29, 1.82) is 0 Å². The normalized spacial score (nSPS) is 23.0. The number of phosphoric ester groups is 1. The highest BCUT2D eigenvalue weighted by molar-refractivity contribution is 7.47. The van der Waals surface area contributed by atoms with E-state index in [9.17, 15) is 39.8 Å². The Kier molecular flexibility index (Phi) is 34.1. The molecular formula is C45H83O12P. The van der Waals surface area contributed by atoms with Gasteiger partial charge in [-0.3, -0.25) is 13.8 Å². The molecule has 12 nitrogen and oxygen atoms in total. The molecule has 0 aliphatic heterocycles. The summed E-state index contributed by atoms with van der Waals surface area (Å²) in [5, 5.41) is 50.1. The minimum atomic E-state index is -5.02. The van der Waals surface area contributed by atoms with E-state index in [0.717, 1.165) is 70.6 Å². The molecule has 0 bridgehead atoms. The smallest absolute Gasteiger partial charge is 0.457 e. The molecule has 6 N–H and O–H groups in total. The average Bonchev–Trinajstić information content (AvgIpc) is 3.21. The number of ether oxygens (including phenoxy) is 2. The van der Waals surface area contributed by atoms with Crippen molar-refractivity contribution in [1.82, 2.24) is 0 Å². The van der Waals surface area contributed by atoms with E-state index in [1.54, 1.807) is 0 Å². The summed E-state index contributed by atoms with van der Waals surface area (Å²) in [6, 6.07) is 0. The van der Waals surface area contributed by atoms with E-state index in [1.807, 2.05) is 0 Å². The van der Waals surface area contributed by atoms with Crippen LogP contribution in [0, 0.1) is 0 Å². The monoisotopic (exact) mass is 847 g/mol. The molecule has 1 rings (SSSR count). The number of phosphoric acid groups is 1. The lowest BCUT2D eigenvalue weighted by atomic mass is 9.85. The third kappa shape index (κ3) is 28.2. The van der Waals surface area contributed by atoms with Crippen molar-refractivity contribution in [3.63, 3.8) is 0 Å². The maximum atomic E-state index is 12.8. The molecule has 0 saturated heterocycles. The van der Waals surface area contributed by atoms with Gasteiger partial charge in [0.05, 0.1) is 13.2 Å². The van der Waals surface area contributed by atoms with Gasteiger partial charge in [0.25, 0.3) is 0 Å². The second-order valence-electron chi connectivity index (χ2n) is 15.9. The number of allylic oxidation sites excluding steroid dienone is 6. The first-order valence-electron chi connectivity index (χ1n) is 22.8. The van der Waals surface area contributed by atoms with Crippen LogP contribution in [-0.4, -0.2) is 98.9 Å². The van der Waals surface area contributed by atoms with Crippen LogP contribution in [-0.2, 0) is 27.9 Å². The van der Waals surface area contributed by atoms with Crippen molar-refractivity contribution in [3.05, 3.63) is 36.5 Å². The van der Waals surface area contributed by atoms with Crippen molar-refractivity contribution < 1.29 is 58.3 Å². The standard InChI is InChI=1S/C45H83O12P/c1-3-5-7-9-11-13-15-17-18-19-20-21-22-23-24-26-28-30-32-34-39(46)56-38(36-54-35-33-31-29-27-25-16-14-12-10-8-6-4-2)37-55-58(52,53)57-45-43(50)41(48)40(47)42(49)44(45)51/h11,13,17-18,20-21,38,40-45,47-51H,3-10,12,14-16,19,22-37H2,1-2H3,(H,52,53)/b13-11-,18-17-,21-20-.